The van der Waals surface area contributed by atoms with Crippen LogP contribution in [0.2, 0.25) is 5.02 Å². The molecule has 0 saturated carbocycles. The molecular weight excluding hydrogens is 406 g/mol. The molecule has 0 saturated heterocycles. The summed E-state index contributed by atoms with van der Waals surface area (Å²) >= 11 is 7.60. The lowest BCUT2D eigenvalue weighted by molar-refractivity contribution is 0.287. The van der Waals surface area contributed by atoms with Gasteiger partial charge in [0.1, 0.15) is 0 Å². The smallest absolute Gasteiger partial charge is 0.240 e. The Morgan fingerprint density at radius 2 is 1.78 bits per heavy atom. The molecule has 1 N–H and O–H groups in total. The van der Waals surface area contributed by atoms with Gasteiger partial charge in [-0.25, -0.2) is 13.1 Å². The highest BCUT2D eigenvalue weighted by atomic mass is 35.5. The van der Waals surface area contributed by atoms with Crippen LogP contribution in [0.3, 0.4) is 0 Å². The van der Waals surface area contributed by atoms with Crippen LogP contribution < -0.4 is 14.2 Å². The summed E-state index contributed by atoms with van der Waals surface area (Å²) in [5, 5.41) is 0.703. The van der Waals surface area contributed by atoms with E-state index in [1.807, 2.05) is 38.1 Å². The molecule has 0 atom stereocenters. The molecule has 0 aliphatic heterocycles. The monoisotopic (exact) mass is 429 g/mol. The maximum absolute atomic E-state index is 12.5. The van der Waals surface area contributed by atoms with E-state index in [0.717, 1.165) is 11.3 Å². The quantitative estimate of drug-likeness (QED) is 0.538. The number of ether oxygens (including phenoxy) is 2. The van der Waals surface area contributed by atoms with Gasteiger partial charge in [0.2, 0.25) is 10.0 Å². The minimum Gasteiger partial charge on any atom is -0.490 e. The van der Waals surface area contributed by atoms with E-state index < -0.39 is 10.0 Å². The van der Waals surface area contributed by atoms with Gasteiger partial charge in [-0.15, -0.1) is 0 Å². The minimum absolute atomic E-state index is 0.161. The molecule has 0 amide bonds. The van der Waals surface area contributed by atoms with Gasteiger partial charge in [0.25, 0.3) is 0 Å². The number of nitrogens with one attached hydrogen (secondary N) is 1. The summed E-state index contributed by atoms with van der Waals surface area (Å²) in [5.74, 6) is 2.40. The van der Waals surface area contributed by atoms with E-state index in [0.29, 0.717) is 42.0 Å². The number of sulfonamides is 1. The highest BCUT2D eigenvalue weighted by molar-refractivity contribution is 7.98. The van der Waals surface area contributed by atoms with Crippen LogP contribution in [-0.2, 0) is 15.8 Å². The van der Waals surface area contributed by atoms with Crippen molar-refractivity contribution in [2.24, 2.45) is 0 Å². The first-order valence-corrected chi connectivity index (χ1v) is 11.7. The van der Waals surface area contributed by atoms with Gasteiger partial charge in [0, 0.05) is 29.1 Å². The number of hydrogen-bond acceptors (Lipinski definition) is 5. The average Bonchev–Trinajstić information content (AvgIpc) is 2.63. The van der Waals surface area contributed by atoms with E-state index in [1.165, 1.54) is 12.1 Å². The standard InChI is InChI=1S/C19H24ClNO4S2/c1-3-24-18-9-8-17(13-19(18)25-4-2)27(22,23)21-10-11-26-14-15-6-5-7-16(20)12-15/h5-9,12-13,21H,3-4,10-11,14H2,1-2H3. The van der Waals surface area contributed by atoms with Gasteiger partial charge in [0.05, 0.1) is 18.1 Å². The normalized spacial score (nSPS) is 11.4. The Morgan fingerprint density at radius 1 is 1.04 bits per heavy atom. The summed E-state index contributed by atoms with van der Waals surface area (Å²) in [7, 11) is -3.60. The molecule has 2 rings (SSSR count). The van der Waals surface area contributed by atoms with E-state index in [1.54, 1.807) is 17.8 Å². The molecule has 0 unspecified atom stereocenters. The van der Waals surface area contributed by atoms with Crippen molar-refractivity contribution in [3.05, 3.63) is 53.1 Å². The van der Waals surface area contributed by atoms with Crippen molar-refractivity contribution in [3.63, 3.8) is 0 Å². The fourth-order valence-corrected chi connectivity index (χ4v) is 4.54. The molecule has 0 aliphatic carbocycles. The number of halogens is 1. The lowest BCUT2D eigenvalue weighted by Gasteiger charge is -2.13. The lowest BCUT2D eigenvalue weighted by atomic mass is 10.2. The third-order valence-electron chi connectivity index (χ3n) is 3.52. The van der Waals surface area contributed by atoms with Crippen molar-refractivity contribution in [3.8, 4) is 11.5 Å². The zero-order chi connectivity index (χ0) is 19.7. The number of benzene rings is 2. The summed E-state index contributed by atoms with van der Waals surface area (Å²) in [5.41, 5.74) is 1.11. The Hall–Kier alpha value is -1.41. The van der Waals surface area contributed by atoms with Crippen LogP contribution >= 0.6 is 23.4 Å². The summed E-state index contributed by atoms with van der Waals surface area (Å²) in [6.45, 7) is 4.95. The highest BCUT2D eigenvalue weighted by Crippen LogP contribution is 2.30. The summed E-state index contributed by atoms with van der Waals surface area (Å²) in [4.78, 5) is 0.161. The van der Waals surface area contributed by atoms with E-state index >= 15 is 0 Å². The fraction of sp³-hybridized carbons (Fsp3) is 0.368. The SMILES string of the molecule is CCOc1ccc(S(=O)(=O)NCCSCc2cccc(Cl)c2)cc1OCC. The molecule has 0 spiro atoms. The lowest BCUT2D eigenvalue weighted by Crippen LogP contribution is -2.26. The van der Waals surface area contributed by atoms with Crippen LogP contribution in [0.25, 0.3) is 0 Å². The third kappa shape index (κ3) is 6.92. The third-order valence-corrected chi connectivity index (χ3v) is 6.25. The van der Waals surface area contributed by atoms with Crippen molar-refractivity contribution < 1.29 is 17.9 Å². The van der Waals surface area contributed by atoms with Gasteiger partial charge in [-0.1, -0.05) is 23.7 Å². The van der Waals surface area contributed by atoms with Crippen molar-refractivity contribution in [1.82, 2.24) is 4.72 Å². The summed E-state index contributed by atoms with van der Waals surface area (Å²) in [6, 6.07) is 12.3. The Labute approximate surface area is 170 Å². The Morgan fingerprint density at radius 3 is 2.48 bits per heavy atom. The Balaban J connectivity index is 1.90. The molecule has 0 radical (unpaired) electrons. The van der Waals surface area contributed by atoms with E-state index in [2.05, 4.69) is 4.72 Å². The van der Waals surface area contributed by atoms with Crippen LogP contribution in [0.4, 0.5) is 0 Å². The number of thioether (sulfide) groups is 1. The molecule has 0 fully saturated rings. The molecule has 0 heterocycles. The summed E-state index contributed by atoms with van der Waals surface area (Å²) in [6.07, 6.45) is 0. The van der Waals surface area contributed by atoms with Crippen LogP contribution in [0.15, 0.2) is 47.4 Å². The van der Waals surface area contributed by atoms with E-state index in [9.17, 15) is 8.42 Å². The average molecular weight is 430 g/mol. The fourth-order valence-electron chi connectivity index (χ4n) is 2.35. The second kappa shape index (κ2) is 10.8. The van der Waals surface area contributed by atoms with E-state index in [4.69, 9.17) is 21.1 Å². The second-order valence-electron chi connectivity index (χ2n) is 5.55. The first kappa shape index (κ1) is 21.9. The van der Waals surface area contributed by atoms with Crippen LogP contribution in [0.1, 0.15) is 19.4 Å². The molecule has 0 aromatic heterocycles. The zero-order valence-electron chi connectivity index (χ0n) is 15.4. The van der Waals surface area contributed by atoms with Gasteiger partial charge >= 0.3 is 0 Å². The molecule has 148 valence electrons. The molecule has 2 aromatic rings. The molecule has 8 heteroatoms. The molecule has 27 heavy (non-hydrogen) atoms. The molecule has 5 nitrogen and oxygen atoms in total. The van der Waals surface area contributed by atoms with Crippen molar-refractivity contribution in [2.45, 2.75) is 24.5 Å². The van der Waals surface area contributed by atoms with Gasteiger partial charge < -0.3 is 9.47 Å². The number of hydrogen-bond donors (Lipinski definition) is 1. The Bertz CT molecular complexity index is 843. The molecule has 0 aliphatic rings. The predicted molar refractivity (Wildman–Crippen MR) is 112 cm³/mol. The first-order valence-electron chi connectivity index (χ1n) is 8.67. The molecular formula is C19H24ClNO4S2. The van der Waals surface area contributed by atoms with Gasteiger partial charge in [0.15, 0.2) is 11.5 Å². The molecule has 0 bridgehead atoms. The van der Waals surface area contributed by atoms with Crippen LogP contribution in [-0.4, -0.2) is 33.9 Å². The largest absolute Gasteiger partial charge is 0.490 e. The highest BCUT2D eigenvalue weighted by Gasteiger charge is 2.17. The number of rotatable bonds is 11. The van der Waals surface area contributed by atoms with E-state index in [-0.39, 0.29) is 4.90 Å². The van der Waals surface area contributed by atoms with Crippen LogP contribution in [0, 0.1) is 0 Å². The maximum atomic E-state index is 12.5. The minimum atomic E-state index is -3.60. The zero-order valence-corrected chi connectivity index (χ0v) is 17.8. The van der Waals surface area contributed by atoms with Crippen molar-refractivity contribution >= 4 is 33.4 Å². The second-order valence-corrected chi connectivity index (χ2v) is 8.86. The predicted octanol–water partition coefficient (Wildman–Crippen LogP) is 4.35. The van der Waals surface area contributed by atoms with Crippen molar-refractivity contribution in [2.75, 3.05) is 25.5 Å². The molecule has 2 aromatic carbocycles. The van der Waals surface area contributed by atoms with Crippen molar-refractivity contribution in [1.29, 1.82) is 0 Å². The summed E-state index contributed by atoms with van der Waals surface area (Å²) < 4.78 is 38.6. The van der Waals surface area contributed by atoms with Gasteiger partial charge in [-0.05, 0) is 43.7 Å². The first-order chi connectivity index (χ1) is 13.0. The Kier molecular flexibility index (Phi) is 8.76. The maximum Gasteiger partial charge on any atom is 0.240 e. The van der Waals surface area contributed by atoms with Gasteiger partial charge in [-0.3, -0.25) is 0 Å². The van der Waals surface area contributed by atoms with Crippen LogP contribution in [0.5, 0.6) is 11.5 Å². The topological polar surface area (TPSA) is 64.6 Å². The van der Waals surface area contributed by atoms with Gasteiger partial charge in [-0.2, -0.15) is 11.8 Å².